The van der Waals surface area contributed by atoms with Crippen LogP contribution in [0.5, 0.6) is 11.8 Å². The summed E-state index contributed by atoms with van der Waals surface area (Å²) in [4.78, 5) is 11.9. The van der Waals surface area contributed by atoms with E-state index < -0.39 is 0 Å². The third kappa shape index (κ3) is 3.67. The van der Waals surface area contributed by atoms with Crippen LogP contribution in [0.4, 0.5) is 5.95 Å². The van der Waals surface area contributed by atoms with Gasteiger partial charge in [-0.1, -0.05) is 0 Å². The molecule has 1 aromatic heterocycles. The fourth-order valence-corrected chi connectivity index (χ4v) is 1.73. The number of aromatic nitrogens is 3. The van der Waals surface area contributed by atoms with Crippen LogP contribution in [0.25, 0.3) is 0 Å². The summed E-state index contributed by atoms with van der Waals surface area (Å²) < 4.78 is 6.64. The van der Waals surface area contributed by atoms with Crippen LogP contribution in [0.3, 0.4) is 0 Å². The highest BCUT2D eigenvalue weighted by Crippen LogP contribution is 2.20. The lowest BCUT2D eigenvalue weighted by atomic mass is 10.3. The molecule has 0 unspecified atom stereocenters. The number of ether oxygens (including phenoxy) is 1. The highest BCUT2D eigenvalue weighted by molar-refractivity contribution is 14.1. The average Bonchev–Trinajstić information content (AvgIpc) is 2.32. The minimum absolute atomic E-state index is 0.0986. The lowest BCUT2D eigenvalue weighted by Crippen LogP contribution is -2.04. The van der Waals surface area contributed by atoms with E-state index in [0.29, 0.717) is 18.2 Å². The summed E-state index contributed by atoms with van der Waals surface area (Å²) in [5.41, 5.74) is 0. The number of anilines is 1. The van der Waals surface area contributed by atoms with E-state index in [0.717, 1.165) is 3.57 Å². The normalized spacial score (nSPS) is 10.2. The van der Waals surface area contributed by atoms with Crippen molar-refractivity contribution in [2.75, 3.05) is 11.9 Å². The van der Waals surface area contributed by atoms with Crippen molar-refractivity contribution >= 4 is 40.1 Å². The van der Waals surface area contributed by atoms with Crippen molar-refractivity contribution in [3.8, 4) is 11.8 Å². The van der Waals surface area contributed by atoms with E-state index in [-0.39, 0.29) is 11.3 Å². The Bertz CT molecular complexity index is 535. The Labute approximate surface area is 123 Å². The molecule has 2 rings (SSSR count). The van der Waals surface area contributed by atoms with Crippen LogP contribution in [0, 0.1) is 3.57 Å². The zero-order valence-corrected chi connectivity index (χ0v) is 12.4. The van der Waals surface area contributed by atoms with Crippen LogP contribution >= 0.6 is 34.2 Å². The second-order valence-electron chi connectivity index (χ2n) is 3.30. The summed E-state index contributed by atoms with van der Waals surface area (Å²) in [6.45, 7) is 2.64. The first kappa shape index (κ1) is 13.3. The molecule has 1 heterocycles. The lowest BCUT2D eigenvalue weighted by molar-refractivity contribution is 0.440. The molecule has 0 aliphatic carbocycles. The zero-order chi connectivity index (χ0) is 13.0. The summed E-state index contributed by atoms with van der Waals surface area (Å²) in [5, 5.41) is 3.05. The Morgan fingerprint density at radius 2 is 1.94 bits per heavy atom. The molecule has 0 atom stereocenters. The standard InChI is InChI=1S/C11H10ClIN4O/c1-2-14-10-15-9(12)16-11(17-10)18-8-5-3-7(13)4-6-8/h3-6H,2H2,1H3,(H,14,15,16,17). The van der Waals surface area contributed by atoms with Gasteiger partial charge in [0, 0.05) is 10.1 Å². The molecule has 5 nitrogen and oxygen atoms in total. The summed E-state index contributed by atoms with van der Waals surface area (Å²) in [6, 6.07) is 7.72. The van der Waals surface area contributed by atoms with Crippen molar-refractivity contribution in [3.05, 3.63) is 33.1 Å². The largest absolute Gasteiger partial charge is 0.424 e. The molecule has 2 aromatic rings. The second-order valence-corrected chi connectivity index (χ2v) is 4.88. The van der Waals surface area contributed by atoms with E-state index in [2.05, 4.69) is 42.9 Å². The molecule has 0 aliphatic rings. The number of nitrogens with zero attached hydrogens (tertiary/aromatic N) is 3. The third-order valence-electron chi connectivity index (χ3n) is 1.95. The highest BCUT2D eigenvalue weighted by atomic mass is 127. The van der Waals surface area contributed by atoms with Crippen LogP contribution in [0.15, 0.2) is 24.3 Å². The predicted octanol–water partition coefficient (Wildman–Crippen LogP) is 3.35. The van der Waals surface area contributed by atoms with Gasteiger partial charge < -0.3 is 10.1 Å². The highest BCUT2D eigenvalue weighted by Gasteiger charge is 2.06. The number of hydrogen-bond donors (Lipinski definition) is 1. The van der Waals surface area contributed by atoms with E-state index in [1.165, 1.54) is 0 Å². The summed E-state index contributed by atoms with van der Waals surface area (Å²) >= 11 is 8.01. The molecule has 0 spiro atoms. The molecule has 18 heavy (non-hydrogen) atoms. The summed E-state index contributed by atoms with van der Waals surface area (Å²) in [6.07, 6.45) is 0. The van der Waals surface area contributed by atoms with Gasteiger partial charge in [-0.05, 0) is 65.4 Å². The van der Waals surface area contributed by atoms with E-state index in [1.54, 1.807) is 0 Å². The SMILES string of the molecule is CCNc1nc(Cl)nc(Oc2ccc(I)cc2)n1. The van der Waals surface area contributed by atoms with Gasteiger partial charge in [0.05, 0.1) is 0 Å². The Morgan fingerprint density at radius 1 is 1.22 bits per heavy atom. The fourth-order valence-electron chi connectivity index (χ4n) is 1.22. The van der Waals surface area contributed by atoms with E-state index in [4.69, 9.17) is 16.3 Å². The van der Waals surface area contributed by atoms with Gasteiger partial charge >= 0.3 is 6.01 Å². The van der Waals surface area contributed by atoms with Gasteiger partial charge in [0.2, 0.25) is 11.2 Å². The smallest absolute Gasteiger partial charge is 0.328 e. The molecular formula is C11H10ClIN4O. The first-order valence-electron chi connectivity index (χ1n) is 5.26. The molecule has 0 saturated heterocycles. The molecule has 1 N–H and O–H groups in total. The molecule has 1 aromatic carbocycles. The Kier molecular flexibility index (Phi) is 4.54. The molecular weight excluding hydrogens is 367 g/mol. The molecule has 7 heteroatoms. The van der Waals surface area contributed by atoms with Gasteiger partial charge in [-0.25, -0.2) is 0 Å². The van der Waals surface area contributed by atoms with E-state index in [1.807, 2.05) is 31.2 Å². The monoisotopic (exact) mass is 376 g/mol. The number of halogens is 2. The van der Waals surface area contributed by atoms with Gasteiger partial charge in [-0.2, -0.15) is 15.0 Å². The van der Waals surface area contributed by atoms with Crippen molar-refractivity contribution in [2.24, 2.45) is 0 Å². The van der Waals surface area contributed by atoms with Crippen molar-refractivity contribution in [1.82, 2.24) is 15.0 Å². The first-order chi connectivity index (χ1) is 8.67. The van der Waals surface area contributed by atoms with Crippen LogP contribution < -0.4 is 10.1 Å². The quantitative estimate of drug-likeness (QED) is 0.829. The maximum atomic E-state index is 5.79. The molecule has 0 radical (unpaired) electrons. The van der Waals surface area contributed by atoms with E-state index in [9.17, 15) is 0 Å². The van der Waals surface area contributed by atoms with Gasteiger partial charge in [0.25, 0.3) is 0 Å². The number of benzene rings is 1. The van der Waals surface area contributed by atoms with Gasteiger partial charge in [0.1, 0.15) is 5.75 Å². The third-order valence-corrected chi connectivity index (χ3v) is 2.83. The number of rotatable bonds is 4. The zero-order valence-electron chi connectivity index (χ0n) is 9.52. The van der Waals surface area contributed by atoms with Crippen LogP contribution in [-0.2, 0) is 0 Å². The Balaban J connectivity index is 2.20. The Hall–Kier alpha value is -1.15. The second kappa shape index (κ2) is 6.14. The molecule has 0 saturated carbocycles. The van der Waals surface area contributed by atoms with Crippen molar-refractivity contribution in [3.63, 3.8) is 0 Å². The molecule has 0 amide bonds. The summed E-state index contributed by atoms with van der Waals surface area (Å²) in [5.74, 6) is 1.05. The number of hydrogen-bond acceptors (Lipinski definition) is 5. The van der Waals surface area contributed by atoms with Gasteiger partial charge in [-0.3, -0.25) is 0 Å². The maximum Gasteiger partial charge on any atom is 0.328 e. The maximum absolute atomic E-state index is 5.79. The summed E-state index contributed by atoms with van der Waals surface area (Å²) in [7, 11) is 0. The molecule has 94 valence electrons. The van der Waals surface area contributed by atoms with Crippen molar-refractivity contribution in [2.45, 2.75) is 6.92 Å². The minimum Gasteiger partial charge on any atom is -0.424 e. The van der Waals surface area contributed by atoms with Crippen molar-refractivity contribution in [1.29, 1.82) is 0 Å². The van der Waals surface area contributed by atoms with Crippen molar-refractivity contribution < 1.29 is 4.74 Å². The van der Waals surface area contributed by atoms with Crippen LogP contribution in [-0.4, -0.2) is 21.5 Å². The first-order valence-corrected chi connectivity index (χ1v) is 6.72. The predicted molar refractivity (Wildman–Crippen MR) is 78.2 cm³/mol. The molecule has 0 fully saturated rings. The Morgan fingerprint density at radius 3 is 2.61 bits per heavy atom. The van der Waals surface area contributed by atoms with E-state index >= 15 is 0 Å². The van der Waals surface area contributed by atoms with Gasteiger partial charge in [-0.15, -0.1) is 0 Å². The number of nitrogens with one attached hydrogen (secondary N) is 1. The molecule has 0 bridgehead atoms. The van der Waals surface area contributed by atoms with Crippen LogP contribution in [0.2, 0.25) is 5.28 Å². The van der Waals surface area contributed by atoms with Crippen LogP contribution in [0.1, 0.15) is 6.92 Å². The lowest BCUT2D eigenvalue weighted by Gasteiger charge is -2.06. The molecule has 0 aliphatic heterocycles. The fraction of sp³-hybridized carbons (Fsp3) is 0.182. The average molecular weight is 377 g/mol. The van der Waals surface area contributed by atoms with Gasteiger partial charge in [0.15, 0.2) is 0 Å². The topological polar surface area (TPSA) is 59.9 Å². The minimum atomic E-state index is 0.0986.